The smallest absolute Gasteiger partial charge is 0.264 e. The molecule has 0 aliphatic heterocycles. The van der Waals surface area contributed by atoms with Gasteiger partial charge in [-0.2, -0.15) is 0 Å². The first kappa shape index (κ1) is 14.1. The second-order valence-electron chi connectivity index (χ2n) is 5.20. The highest BCUT2D eigenvalue weighted by atomic mass is 32.1. The number of rotatable bonds is 4. The third-order valence-corrected chi connectivity index (χ3v) is 4.94. The molecular formula is C14H20N2O2S. The highest BCUT2D eigenvalue weighted by molar-refractivity contribution is 7.14. The van der Waals surface area contributed by atoms with Crippen molar-refractivity contribution in [1.29, 1.82) is 0 Å². The molecule has 0 bridgehead atoms. The lowest BCUT2D eigenvalue weighted by atomic mass is 9.87. The maximum absolute atomic E-state index is 12.2. The molecular weight excluding hydrogens is 260 g/mol. The predicted octanol–water partition coefficient (Wildman–Crippen LogP) is 1.82. The van der Waals surface area contributed by atoms with E-state index in [-0.39, 0.29) is 12.5 Å². The van der Waals surface area contributed by atoms with Crippen molar-refractivity contribution in [3.8, 4) is 0 Å². The van der Waals surface area contributed by atoms with Crippen LogP contribution in [0.2, 0.25) is 0 Å². The maximum Gasteiger partial charge on any atom is 0.264 e. The SMILES string of the molecule is CCC1CCc2sc(C(=O)N(C)CC(N)=O)cc2C1. The van der Waals surface area contributed by atoms with E-state index in [1.54, 1.807) is 18.4 Å². The van der Waals surface area contributed by atoms with E-state index in [2.05, 4.69) is 6.92 Å². The number of aryl methyl sites for hydroxylation is 1. The van der Waals surface area contributed by atoms with E-state index in [9.17, 15) is 9.59 Å². The predicted molar refractivity (Wildman–Crippen MR) is 76.3 cm³/mol. The standard InChI is InChI=1S/C14H20N2O2S/c1-3-9-4-5-11-10(6-9)7-12(19-11)14(18)16(2)8-13(15)17/h7,9H,3-6,8H2,1-2H3,(H2,15,17). The largest absolute Gasteiger partial charge is 0.368 e. The van der Waals surface area contributed by atoms with Crippen molar-refractivity contribution in [3.05, 3.63) is 21.4 Å². The minimum absolute atomic E-state index is 0.0288. The molecule has 0 radical (unpaired) electrons. The fraction of sp³-hybridized carbons (Fsp3) is 0.571. The van der Waals surface area contributed by atoms with Gasteiger partial charge in [0.05, 0.1) is 11.4 Å². The van der Waals surface area contributed by atoms with Crippen LogP contribution in [0.15, 0.2) is 6.07 Å². The average molecular weight is 280 g/mol. The van der Waals surface area contributed by atoms with Crippen molar-refractivity contribution in [2.45, 2.75) is 32.6 Å². The molecule has 0 aromatic carbocycles. The highest BCUT2D eigenvalue weighted by Gasteiger charge is 2.23. The Hall–Kier alpha value is -1.36. The Bertz CT molecular complexity index is 496. The minimum atomic E-state index is -0.483. The summed E-state index contributed by atoms with van der Waals surface area (Å²) in [5.74, 6) is 0.155. The summed E-state index contributed by atoms with van der Waals surface area (Å²) in [7, 11) is 1.61. The summed E-state index contributed by atoms with van der Waals surface area (Å²) in [6.45, 7) is 2.19. The molecule has 2 amide bonds. The number of hydrogen-bond donors (Lipinski definition) is 1. The van der Waals surface area contributed by atoms with Crippen molar-refractivity contribution in [2.24, 2.45) is 11.7 Å². The number of likely N-dealkylation sites (N-methyl/N-ethyl adjacent to an activating group) is 1. The molecule has 1 aromatic heterocycles. The van der Waals surface area contributed by atoms with Gasteiger partial charge in [-0.3, -0.25) is 9.59 Å². The van der Waals surface area contributed by atoms with Gasteiger partial charge in [-0.25, -0.2) is 0 Å². The summed E-state index contributed by atoms with van der Waals surface area (Å²) in [4.78, 5) is 26.5. The lowest BCUT2D eigenvalue weighted by Gasteiger charge is -2.19. The number of carbonyl (C=O) groups is 2. The van der Waals surface area contributed by atoms with Gasteiger partial charge in [0.15, 0.2) is 0 Å². The van der Waals surface area contributed by atoms with Crippen LogP contribution in [-0.2, 0) is 17.6 Å². The first-order valence-corrected chi connectivity index (χ1v) is 7.48. The quantitative estimate of drug-likeness (QED) is 0.914. The molecule has 2 N–H and O–H groups in total. The summed E-state index contributed by atoms with van der Waals surface area (Å²) in [6, 6.07) is 2.00. The number of hydrogen-bond acceptors (Lipinski definition) is 3. The number of fused-ring (bicyclic) bond motifs is 1. The topological polar surface area (TPSA) is 63.4 Å². The van der Waals surface area contributed by atoms with Crippen LogP contribution >= 0.6 is 11.3 Å². The second-order valence-corrected chi connectivity index (χ2v) is 6.34. The molecule has 5 heteroatoms. The van der Waals surface area contributed by atoms with Crippen molar-refractivity contribution >= 4 is 23.2 Å². The molecule has 1 aliphatic rings. The number of amides is 2. The van der Waals surface area contributed by atoms with Crippen LogP contribution in [-0.4, -0.2) is 30.3 Å². The van der Waals surface area contributed by atoms with E-state index in [4.69, 9.17) is 5.73 Å². The van der Waals surface area contributed by atoms with Crippen LogP contribution in [0.5, 0.6) is 0 Å². The monoisotopic (exact) mass is 280 g/mol. The Morgan fingerprint density at radius 1 is 1.53 bits per heavy atom. The van der Waals surface area contributed by atoms with E-state index in [0.29, 0.717) is 0 Å². The minimum Gasteiger partial charge on any atom is -0.368 e. The summed E-state index contributed by atoms with van der Waals surface area (Å²) in [6.07, 6.45) is 4.56. The molecule has 2 rings (SSSR count). The first-order valence-electron chi connectivity index (χ1n) is 6.66. The molecule has 0 fully saturated rings. The van der Waals surface area contributed by atoms with Gasteiger partial charge in [-0.1, -0.05) is 13.3 Å². The van der Waals surface area contributed by atoms with Crippen LogP contribution in [0.4, 0.5) is 0 Å². The fourth-order valence-electron chi connectivity index (χ4n) is 2.55. The average Bonchev–Trinajstić information content (AvgIpc) is 2.79. The number of thiophene rings is 1. The van der Waals surface area contributed by atoms with Gasteiger partial charge in [-0.05, 0) is 36.8 Å². The fourth-order valence-corrected chi connectivity index (χ4v) is 3.75. The van der Waals surface area contributed by atoms with Crippen LogP contribution in [0.25, 0.3) is 0 Å². The van der Waals surface area contributed by atoms with Crippen LogP contribution in [0, 0.1) is 5.92 Å². The molecule has 1 aromatic rings. The number of primary amides is 1. The summed E-state index contributed by atoms with van der Waals surface area (Å²) in [5.41, 5.74) is 6.43. The van der Waals surface area contributed by atoms with Gasteiger partial charge in [0.2, 0.25) is 5.91 Å². The van der Waals surface area contributed by atoms with E-state index < -0.39 is 5.91 Å². The van der Waals surface area contributed by atoms with Crippen LogP contribution < -0.4 is 5.73 Å². The van der Waals surface area contributed by atoms with Gasteiger partial charge >= 0.3 is 0 Å². The van der Waals surface area contributed by atoms with Crippen molar-refractivity contribution in [2.75, 3.05) is 13.6 Å². The third-order valence-electron chi connectivity index (χ3n) is 3.71. The number of nitrogens with two attached hydrogens (primary N) is 1. The third kappa shape index (κ3) is 3.15. The van der Waals surface area contributed by atoms with E-state index in [1.807, 2.05) is 6.07 Å². The van der Waals surface area contributed by atoms with Gasteiger partial charge in [0, 0.05) is 11.9 Å². The Labute approximate surface area is 117 Å². The Morgan fingerprint density at radius 3 is 2.89 bits per heavy atom. The summed E-state index contributed by atoms with van der Waals surface area (Å²) >= 11 is 1.57. The van der Waals surface area contributed by atoms with E-state index >= 15 is 0 Å². The van der Waals surface area contributed by atoms with Crippen molar-refractivity contribution in [1.82, 2.24) is 4.90 Å². The second kappa shape index (κ2) is 5.74. The molecule has 1 aliphatic carbocycles. The zero-order valence-corrected chi connectivity index (χ0v) is 12.3. The Balaban J connectivity index is 2.12. The molecule has 19 heavy (non-hydrogen) atoms. The van der Waals surface area contributed by atoms with Gasteiger partial charge in [-0.15, -0.1) is 11.3 Å². The zero-order chi connectivity index (χ0) is 14.0. The van der Waals surface area contributed by atoms with Crippen molar-refractivity contribution in [3.63, 3.8) is 0 Å². The molecule has 4 nitrogen and oxygen atoms in total. The number of carbonyl (C=O) groups excluding carboxylic acids is 2. The van der Waals surface area contributed by atoms with Gasteiger partial charge in [0.1, 0.15) is 0 Å². The normalized spacial score (nSPS) is 17.9. The molecule has 0 saturated carbocycles. The molecule has 1 unspecified atom stereocenters. The molecule has 104 valence electrons. The Kier molecular flexibility index (Phi) is 4.24. The zero-order valence-electron chi connectivity index (χ0n) is 11.4. The van der Waals surface area contributed by atoms with Gasteiger partial charge < -0.3 is 10.6 Å². The van der Waals surface area contributed by atoms with Crippen LogP contribution in [0.3, 0.4) is 0 Å². The highest BCUT2D eigenvalue weighted by Crippen LogP contribution is 2.33. The number of nitrogens with zero attached hydrogens (tertiary/aromatic N) is 1. The molecule has 0 saturated heterocycles. The lowest BCUT2D eigenvalue weighted by Crippen LogP contribution is -2.34. The van der Waals surface area contributed by atoms with Crippen molar-refractivity contribution < 1.29 is 9.59 Å². The molecule has 1 atom stereocenters. The first-order chi connectivity index (χ1) is 9.01. The summed E-state index contributed by atoms with van der Waals surface area (Å²) in [5, 5.41) is 0. The molecule has 0 spiro atoms. The lowest BCUT2D eigenvalue weighted by molar-refractivity contribution is -0.118. The van der Waals surface area contributed by atoms with E-state index in [0.717, 1.165) is 23.6 Å². The maximum atomic E-state index is 12.2. The Morgan fingerprint density at radius 2 is 2.26 bits per heavy atom. The summed E-state index contributed by atoms with van der Waals surface area (Å²) < 4.78 is 0. The molecule has 1 heterocycles. The van der Waals surface area contributed by atoms with Gasteiger partial charge in [0.25, 0.3) is 5.91 Å². The van der Waals surface area contributed by atoms with E-state index in [1.165, 1.54) is 28.2 Å². The van der Waals surface area contributed by atoms with Crippen LogP contribution in [0.1, 0.15) is 39.9 Å².